The van der Waals surface area contributed by atoms with Gasteiger partial charge in [0.2, 0.25) is 0 Å². The van der Waals surface area contributed by atoms with Crippen molar-refractivity contribution in [2.24, 2.45) is 0 Å². The van der Waals surface area contributed by atoms with Gasteiger partial charge in [-0.15, -0.1) is 0 Å². The van der Waals surface area contributed by atoms with Crippen LogP contribution in [0, 0.1) is 0 Å². The highest BCUT2D eigenvalue weighted by Gasteiger charge is 2.24. The zero-order valence-corrected chi connectivity index (χ0v) is 8.60. The van der Waals surface area contributed by atoms with Crippen LogP contribution >= 0.6 is 0 Å². The molecule has 6 heteroatoms. The molecule has 0 aromatic carbocycles. The Bertz CT molecular complexity index is 94.4. The summed E-state index contributed by atoms with van der Waals surface area (Å²) in [6.07, 6.45) is 0. The Kier molecular flexibility index (Phi) is 10.8. The van der Waals surface area contributed by atoms with Crippen LogP contribution in [0.15, 0.2) is 0 Å². The predicted molar refractivity (Wildman–Crippen MR) is 53.1 cm³/mol. The van der Waals surface area contributed by atoms with Crippen molar-refractivity contribution >= 4 is 0 Å². The van der Waals surface area contributed by atoms with Crippen LogP contribution in [0.1, 0.15) is 0 Å². The van der Waals surface area contributed by atoms with Gasteiger partial charge in [0.25, 0.3) is 0 Å². The maximum atomic E-state index is 8.82. The van der Waals surface area contributed by atoms with Crippen LogP contribution < -0.4 is 6.15 Å². The SMILES string of the molecule is N.OCC[N+](CCO)(CCO)CCO. The van der Waals surface area contributed by atoms with Crippen molar-refractivity contribution in [3.8, 4) is 0 Å². The minimum Gasteiger partial charge on any atom is -0.391 e. The van der Waals surface area contributed by atoms with E-state index in [0.29, 0.717) is 30.7 Å². The van der Waals surface area contributed by atoms with Gasteiger partial charge in [0, 0.05) is 0 Å². The lowest BCUT2D eigenvalue weighted by molar-refractivity contribution is -0.929. The molecule has 0 spiro atoms. The van der Waals surface area contributed by atoms with Crippen LogP contribution in [0.4, 0.5) is 0 Å². The molecule has 88 valence electrons. The monoisotopic (exact) mass is 211 g/mol. The number of hydrogen-bond donors (Lipinski definition) is 5. The molecule has 0 amide bonds. The summed E-state index contributed by atoms with van der Waals surface area (Å²) < 4.78 is 0.375. The van der Waals surface area contributed by atoms with Gasteiger partial charge in [0.05, 0.1) is 26.4 Å². The summed E-state index contributed by atoms with van der Waals surface area (Å²) in [7, 11) is 0. The molecule has 0 bridgehead atoms. The molecule has 0 unspecified atom stereocenters. The molecule has 0 saturated heterocycles. The highest BCUT2D eigenvalue weighted by Crippen LogP contribution is 2.04. The van der Waals surface area contributed by atoms with Crippen LogP contribution in [0.2, 0.25) is 0 Å². The molecule has 0 saturated carbocycles. The standard InChI is InChI=1S/C8H20NO4.H3N/c10-5-1-9(2-6-11,3-7-12)4-8-13;/h10-13H,1-8H2;1H3/q+1;. The zero-order valence-electron chi connectivity index (χ0n) is 8.60. The number of rotatable bonds is 8. The second kappa shape index (κ2) is 9.32. The fourth-order valence-corrected chi connectivity index (χ4v) is 1.52. The first kappa shape index (κ1) is 16.2. The topological polar surface area (TPSA) is 116 Å². The third kappa shape index (κ3) is 5.48. The van der Waals surface area contributed by atoms with Crippen LogP contribution in [0.3, 0.4) is 0 Å². The van der Waals surface area contributed by atoms with Gasteiger partial charge >= 0.3 is 0 Å². The summed E-state index contributed by atoms with van der Waals surface area (Å²) in [5, 5.41) is 35.3. The first-order valence-corrected chi connectivity index (χ1v) is 4.53. The summed E-state index contributed by atoms with van der Waals surface area (Å²) in [6.45, 7) is 1.84. The number of aliphatic hydroxyl groups is 4. The summed E-state index contributed by atoms with van der Waals surface area (Å²) in [4.78, 5) is 0. The first-order valence-electron chi connectivity index (χ1n) is 4.53. The largest absolute Gasteiger partial charge is 0.391 e. The van der Waals surface area contributed by atoms with E-state index < -0.39 is 0 Å². The van der Waals surface area contributed by atoms with E-state index in [-0.39, 0.29) is 32.6 Å². The van der Waals surface area contributed by atoms with Crippen LogP contribution in [0.5, 0.6) is 0 Å². The average molecular weight is 211 g/mol. The van der Waals surface area contributed by atoms with Crippen molar-refractivity contribution in [2.75, 3.05) is 52.6 Å². The molecule has 0 fully saturated rings. The van der Waals surface area contributed by atoms with Crippen molar-refractivity contribution in [3.05, 3.63) is 0 Å². The molecule has 0 aliphatic heterocycles. The van der Waals surface area contributed by atoms with Crippen molar-refractivity contribution in [1.82, 2.24) is 6.15 Å². The first-order chi connectivity index (χ1) is 6.24. The maximum Gasteiger partial charge on any atom is 0.102 e. The summed E-state index contributed by atoms with van der Waals surface area (Å²) in [5.41, 5.74) is 0. The van der Waals surface area contributed by atoms with Gasteiger partial charge in [0.1, 0.15) is 26.2 Å². The van der Waals surface area contributed by atoms with Gasteiger partial charge in [-0.3, -0.25) is 0 Å². The van der Waals surface area contributed by atoms with E-state index in [4.69, 9.17) is 20.4 Å². The lowest BCUT2D eigenvalue weighted by Gasteiger charge is -2.36. The third-order valence-corrected chi connectivity index (χ3v) is 2.30. The fourth-order valence-electron chi connectivity index (χ4n) is 1.52. The highest BCUT2D eigenvalue weighted by molar-refractivity contribution is 4.44. The Morgan fingerprint density at radius 1 is 0.571 bits per heavy atom. The van der Waals surface area contributed by atoms with E-state index in [2.05, 4.69) is 0 Å². The van der Waals surface area contributed by atoms with Crippen molar-refractivity contribution < 1.29 is 24.9 Å². The van der Waals surface area contributed by atoms with E-state index in [9.17, 15) is 0 Å². The van der Waals surface area contributed by atoms with Crippen molar-refractivity contribution in [1.29, 1.82) is 0 Å². The molecule has 0 heterocycles. The van der Waals surface area contributed by atoms with Gasteiger partial charge in [-0.25, -0.2) is 0 Å². The van der Waals surface area contributed by atoms with Crippen LogP contribution in [0.25, 0.3) is 0 Å². The van der Waals surface area contributed by atoms with Crippen LogP contribution in [-0.2, 0) is 0 Å². The molecule has 0 radical (unpaired) electrons. The van der Waals surface area contributed by atoms with E-state index in [1.165, 1.54) is 0 Å². The van der Waals surface area contributed by atoms with E-state index in [0.717, 1.165) is 0 Å². The fraction of sp³-hybridized carbons (Fsp3) is 1.00. The third-order valence-electron chi connectivity index (χ3n) is 2.30. The Hall–Kier alpha value is -0.240. The molecule has 0 aliphatic carbocycles. The van der Waals surface area contributed by atoms with Gasteiger partial charge in [-0.2, -0.15) is 0 Å². The number of hydrogen-bond acceptors (Lipinski definition) is 5. The highest BCUT2D eigenvalue weighted by atomic mass is 16.3. The van der Waals surface area contributed by atoms with E-state index in [1.807, 2.05) is 0 Å². The molecule has 14 heavy (non-hydrogen) atoms. The number of quaternary nitrogens is 1. The molecule has 7 N–H and O–H groups in total. The number of aliphatic hydroxyl groups excluding tert-OH is 4. The minimum absolute atomic E-state index is 0. The molecule has 0 aromatic heterocycles. The average Bonchev–Trinajstić information content (AvgIpc) is 2.06. The van der Waals surface area contributed by atoms with E-state index in [1.54, 1.807) is 0 Å². The second-order valence-corrected chi connectivity index (χ2v) is 3.13. The lowest BCUT2D eigenvalue weighted by Crippen LogP contribution is -2.54. The molecular formula is C8H23N2O4+. The minimum atomic E-state index is 0. The normalized spacial score (nSPS) is 11.1. The van der Waals surface area contributed by atoms with Crippen molar-refractivity contribution in [2.45, 2.75) is 0 Å². The van der Waals surface area contributed by atoms with Gasteiger partial charge in [-0.1, -0.05) is 0 Å². The Balaban J connectivity index is 0. The van der Waals surface area contributed by atoms with Gasteiger partial charge in [-0.05, 0) is 0 Å². The van der Waals surface area contributed by atoms with E-state index >= 15 is 0 Å². The molecule has 0 aliphatic rings. The lowest BCUT2D eigenvalue weighted by atomic mass is 10.3. The van der Waals surface area contributed by atoms with Gasteiger partial charge < -0.3 is 31.1 Å². The quantitative estimate of drug-likeness (QED) is 0.296. The molecular weight excluding hydrogens is 188 g/mol. The molecule has 6 nitrogen and oxygen atoms in total. The Morgan fingerprint density at radius 2 is 0.786 bits per heavy atom. The summed E-state index contributed by atoms with van der Waals surface area (Å²) in [5.74, 6) is 0. The summed E-state index contributed by atoms with van der Waals surface area (Å²) >= 11 is 0. The number of nitrogens with zero attached hydrogens (tertiary/aromatic N) is 1. The predicted octanol–water partition coefficient (Wildman–Crippen LogP) is -2.07. The summed E-state index contributed by atoms with van der Waals surface area (Å²) in [6, 6.07) is 0. The second-order valence-electron chi connectivity index (χ2n) is 3.13. The van der Waals surface area contributed by atoms with Crippen LogP contribution in [-0.4, -0.2) is 77.5 Å². The van der Waals surface area contributed by atoms with Gasteiger partial charge in [0.15, 0.2) is 0 Å². The Labute approximate surface area is 84.6 Å². The Morgan fingerprint density at radius 3 is 0.929 bits per heavy atom. The smallest absolute Gasteiger partial charge is 0.102 e. The molecule has 0 aromatic rings. The van der Waals surface area contributed by atoms with Crippen molar-refractivity contribution in [3.63, 3.8) is 0 Å². The molecule has 0 rings (SSSR count). The molecule has 0 atom stereocenters. The zero-order chi connectivity index (χ0) is 10.2. The maximum absolute atomic E-state index is 8.82.